The molecule has 0 radical (unpaired) electrons. The fraction of sp³-hybridized carbons (Fsp3) is 0.300. The van der Waals surface area contributed by atoms with E-state index in [0.29, 0.717) is 36.1 Å². The Morgan fingerprint density at radius 2 is 0.857 bits per heavy atom. The molecule has 0 saturated carbocycles. The predicted octanol–water partition coefficient (Wildman–Crippen LogP) is 8.10. The zero-order valence-corrected chi connectivity index (χ0v) is 35.1. The predicted molar refractivity (Wildman–Crippen MR) is 185 cm³/mol. The molecule has 16 heteroatoms. The molecule has 0 amide bonds. The average Bonchev–Trinajstić information content (AvgIpc) is 3.65. The molecule has 0 saturated heterocycles. The van der Waals surface area contributed by atoms with Gasteiger partial charge in [-0.15, -0.1) is 0 Å². The van der Waals surface area contributed by atoms with Crippen LogP contribution in [-0.4, -0.2) is 5.92 Å². The maximum atomic E-state index is 14.4. The van der Waals surface area contributed by atoms with Gasteiger partial charge in [-0.05, 0) is 0 Å². The number of fused-ring (bicyclic) bond motifs is 2. The molecule has 0 fully saturated rings. The second-order valence-electron chi connectivity index (χ2n) is 13.8. The van der Waals surface area contributed by atoms with Crippen molar-refractivity contribution >= 4 is 18.1 Å². The SMILES string of the molecule is CCC1=Cc2c(-c3ccc(C(F)(F)F)cc3C(F)(F)F)cccc2[CH]1[Zr+2]([CH]1C(CC)=Cc2c(-c3ccc(C(F)(F)F)cc3C(F)(F)F)cccc21)[SiH](C)C.[Cl-].[Cl-]. The number of alkyl halides is 12. The molecule has 2 aliphatic carbocycles. The van der Waals surface area contributed by atoms with Crippen molar-refractivity contribution in [1.82, 2.24) is 0 Å². The summed E-state index contributed by atoms with van der Waals surface area (Å²) >= 11 is -2.99. The molecule has 0 aromatic heterocycles. The van der Waals surface area contributed by atoms with Gasteiger partial charge in [0.2, 0.25) is 0 Å². The van der Waals surface area contributed by atoms with Gasteiger partial charge in [0, 0.05) is 0 Å². The van der Waals surface area contributed by atoms with Crippen molar-refractivity contribution in [3.05, 3.63) is 128 Å². The monoisotopic (exact) mass is 929 g/mol. The van der Waals surface area contributed by atoms with Crippen molar-refractivity contribution in [2.75, 3.05) is 0 Å². The molecule has 0 nitrogen and oxygen atoms in total. The number of benzene rings is 4. The topological polar surface area (TPSA) is 0 Å². The third-order valence-electron chi connectivity index (χ3n) is 10.3. The van der Waals surface area contributed by atoms with Crippen LogP contribution in [0.15, 0.2) is 83.9 Å². The number of allylic oxidation sites excluding steroid dienone is 2. The summed E-state index contributed by atoms with van der Waals surface area (Å²) in [7, 11) is 0. The molecule has 0 aliphatic heterocycles. The molecule has 0 spiro atoms. The first-order chi connectivity index (χ1) is 25.1. The molecule has 6 rings (SSSR count). The summed E-state index contributed by atoms with van der Waals surface area (Å²) in [4.78, 5) is 0. The fourth-order valence-electron chi connectivity index (χ4n) is 8.01. The molecule has 56 heavy (non-hydrogen) atoms. The summed E-state index contributed by atoms with van der Waals surface area (Å²) in [5.41, 5.74) is -1.38. The molecule has 0 heterocycles. The zero-order valence-electron chi connectivity index (χ0n) is 30.0. The van der Waals surface area contributed by atoms with Gasteiger partial charge < -0.3 is 24.8 Å². The van der Waals surface area contributed by atoms with Gasteiger partial charge in [0.1, 0.15) is 0 Å². The number of halogens is 14. The van der Waals surface area contributed by atoms with Crippen molar-refractivity contribution in [2.24, 2.45) is 0 Å². The van der Waals surface area contributed by atoms with Gasteiger partial charge in [-0.25, -0.2) is 0 Å². The van der Waals surface area contributed by atoms with Crippen LogP contribution in [0.3, 0.4) is 0 Å². The van der Waals surface area contributed by atoms with Gasteiger partial charge in [0.25, 0.3) is 0 Å². The summed E-state index contributed by atoms with van der Waals surface area (Å²) in [5.74, 6) is -1.61. The van der Waals surface area contributed by atoms with E-state index in [9.17, 15) is 52.7 Å². The van der Waals surface area contributed by atoms with Crippen molar-refractivity contribution in [1.29, 1.82) is 0 Å². The Kier molecular flexibility index (Phi) is 13.5. The van der Waals surface area contributed by atoms with E-state index in [1.54, 1.807) is 12.1 Å². The normalized spacial score (nSPS) is 16.8. The Hall–Kier alpha value is -2.80. The van der Waals surface area contributed by atoms with E-state index >= 15 is 0 Å². The first-order valence-electron chi connectivity index (χ1n) is 17.2. The van der Waals surface area contributed by atoms with Crippen LogP contribution < -0.4 is 24.8 Å². The molecular formula is C40H33Cl2F12SiZr. The van der Waals surface area contributed by atoms with Gasteiger partial charge in [-0.1, -0.05) is 0 Å². The molecule has 0 bridgehead atoms. The number of hydrogen-bond donors (Lipinski definition) is 0. The third kappa shape index (κ3) is 8.50. The van der Waals surface area contributed by atoms with E-state index < -0.39 is 73.8 Å². The van der Waals surface area contributed by atoms with E-state index in [4.69, 9.17) is 0 Å². The molecular weight excluding hydrogens is 899 g/mol. The van der Waals surface area contributed by atoms with E-state index in [1.165, 1.54) is 12.1 Å². The van der Waals surface area contributed by atoms with Crippen LogP contribution in [0.1, 0.15) is 78.4 Å². The van der Waals surface area contributed by atoms with Crippen LogP contribution in [0.25, 0.3) is 34.4 Å². The van der Waals surface area contributed by atoms with Crippen molar-refractivity contribution in [2.45, 2.75) is 71.7 Å². The van der Waals surface area contributed by atoms with Crippen LogP contribution >= 0.6 is 0 Å². The molecule has 4 aromatic rings. The van der Waals surface area contributed by atoms with Crippen LogP contribution in [0, 0.1) is 0 Å². The molecule has 2 atom stereocenters. The largest absolute Gasteiger partial charge is 1.00 e. The van der Waals surface area contributed by atoms with Crippen molar-refractivity contribution < 1.29 is 98.4 Å². The third-order valence-corrected chi connectivity index (χ3v) is 32.1. The number of rotatable bonds is 7. The number of hydrogen-bond acceptors (Lipinski definition) is 0. The molecule has 2 aliphatic rings. The minimum absolute atomic E-state index is 0. The summed E-state index contributed by atoms with van der Waals surface area (Å²) in [6, 6.07) is 13.2. The van der Waals surface area contributed by atoms with Crippen molar-refractivity contribution in [3.63, 3.8) is 0 Å². The van der Waals surface area contributed by atoms with Gasteiger partial charge in [-0.3, -0.25) is 0 Å². The first-order valence-corrected chi connectivity index (χ1v) is 27.2. The van der Waals surface area contributed by atoms with Gasteiger partial charge in [0.15, 0.2) is 0 Å². The second kappa shape index (κ2) is 16.5. The van der Waals surface area contributed by atoms with E-state index in [2.05, 4.69) is 13.1 Å². The summed E-state index contributed by atoms with van der Waals surface area (Å²) in [5, 5.41) is 0. The van der Waals surface area contributed by atoms with Gasteiger partial charge in [0.05, 0.1) is 0 Å². The summed E-state index contributed by atoms with van der Waals surface area (Å²) in [6.45, 7) is 8.28. The average molecular weight is 932 g/mol. The van der Waals surface area contributed by atoms with Crippen molar-refractivity contribution in [3.8, 4) is 22.3 Å². The zero-order chi connectivity index (χ0) is 39.7. The molecule has 0 N–H and O–H groups in total. The van der Waals surface area contributed by atoms with Crippen LogP contribution in [0.5, 0.6) is 0 Å². The standard InChI is InChI=1S/2C19H13F6.C2H7Si.2ClH.Zr/c2*1-2-11-8-12-4-3-5-14(16(12)9-11)15-7-6-13(18(20,21)22)10-17(15)19(23,24)25;1-3-2;;;/h2*3-10H,2H2,1H3;3H,1-2H3;2*1H;/q;;;;;+2/p-2. The maximum Gasteiger partial charge on any atom is -1.00 e. The smallest absolute Gasteiger partial charge is 1.00 e. The minimum atomic E-state index is -5.08. The van der Waals surface area contributed by atoms with Crippen LogP contribution in [-0.2, 0) is 45.6 Å². The molecule has 2 unspecified atom stereocenters. The quantitative estimate of drug-likeness (QED) is 0.130. The first kappa shape index (κ1) is 45.9. The van der Waals surface area contributed by atoms with Gasteiger partial charge in [-0.2, -0.15) is 0 Å². The minimum Gasteiger partial charge on any atom is -1.00 e. The molecule has 299 valence electrons. The summed E-state index contributed by atoms with van der Waals surface area (Å²) < 4.78 is 167. The maximum absolute atomic E-state index is 14.4. The van der Waals surface area contributed by atoms with E-state index in [-0.39, 0.29) is 66.5 Å². The Morgan fingerprint density at radius 3 is 1.14 bits per heavy atom. The molecule has 4 aromatic carbocycles. The van der Waals surface area contributed by atoms with E-state index in [1.807, 2.05) is 38.1 Å². The fourth-order valence-corrected chi connectivity index (χ4v) is 31.2. The van der Waals surface area contributed by atoms with Crippen LogP contribution in [0.2, 0.25) is 13.1 Å². The Labute approximate surface area is 337 Å². The van der Waals surface area contributed by atoms with Gasteiger partial charge >= 0.3 is 314 Å². The summed E-state index contributed by atoms with van der Waals surface area (Å²) in [6.07, 6.45) is -15.3. The van der Waals surface area contributed by atoms with E-state index in [0.717, 1.165) is 34.4 Å². The Morgan fingerprint density at radius 1 is 0.500 bits per heavy atom. The Balaban J connectivity index is 0.00000348. The second-order valence-corrected chi connectivity index (χ2v) is 33.9. The Bertz CT molecular complexity index is 2020. The van der Waals surface area contributed by atoms with Crippen LogP contribution in [0.4, 0.5) is 52.7 Å².